The van der Waals surface area contributed by atoms with Crippen LogP contribution in [-0.2, 0) is 16.2 Å². The van der Waals surface area contributed by atoms with Crippen molar-refractivity contribution in [3.05, 3.63) is 47.5 Å². The number of rotatable bonds is 7. The zero-order valence-electron chi connectivity index (χ0n) is 17.9. The average Bonchev–Trinajstić information content (AvgIpc) is 2.76. The Morgan fingerprint density at radius 2 is 1.66 bits per heavy atom. The van der Waals surface area contributed by atoms with Crippen LogP contribution < -0.4 is 14.4 Å². The van der Waals surface area contributed by atoms with Crippen molar-refractivity contribution >= 4 is 27.4 Å². The summed E-state index contributed by atoms with van der Waals surface area (Å²) in [5.41, 5.74) is -2.04. The fourth-order valence-electron chi connectivity index (χ4n) is 3.53. The monoisotopic (exact) mass is 526 g/mol. The summed E-state index contributed by atoms with van der Waals surface area (Å²) >= 11 is 0. The largest absolute Gasteiger partial charge is 0.483 e. The molecule has 1 aliphatic rings. The van der Waals surface area contributed by atoms with Crippen LogP contribution in [0.5, 0.6) is 5.75 Å². The Morgan fingerprint density at radius 1 is 1.00 bits per heavy atom. The summed E-state index contributed by atoms with van der Waals surface area (Å²) in [5, 5.41) is 9.19. The first-order valence-electron chi connectivity index (χ1n) is 10.2. The first-order valence-corrected chi connectivity index (χ1v) is 11.7. The SMILES string of the molecule is O=C(O)c1ccc(OCC(F)(F)F)c(S(=O)(=O)Nc2cc(C(F)(F)F)ccc2N2CCCCC2)c1. The molecule has 0 atom stereocenters. The van der Waals surface area contributed by atoms with E-state index < -0.39 is 62.4 Å². The number of nitrogens with zero attached hydrogens (tertiary/aromatic N) is 1. The van der Waals surface area contributed by atoms with Gasteiger partial charge in [-0.15, -0.1) is 0 Å². The van der Waals surface area contributed by atoms with Crippen molar-refractivity contribution in [3.63, 3.8) is 0 Å². The summed E-state index contributed by atoms with van der Waals surface area (Å²) in [6.45, 7) is -0.965. The minimum absolute atomic E-state index is 0.147. The Labute approximate surface area is 196 Å². The van der Waals surface area contributed by atoms with E-state index in [0.717, 1.165) is 43.5 Å². The van der Waals surface area contributed by atoms with E-state index in [0.29, 0.717) is 25.2 Å². The number of benzene rings is 2. The van der Waals surface area contributed by atoms with Crippen LogP contribution in [0, 0.1) is 0 Å². The first-order chi connectivity index (χ1) is 16.2. The molecule has 0 radical (unpaired) electrons. The molecule has 3 rings (SSSR count). The number of hydrogen-bond donors (Lipinski definition) is 2. The second kappa shape index (κ2) is 9.84. The normalized spacial score (nSPS) is 15.1. The van der Waals surface area contributed by atoms with Crippen LogP contribution in [0.4, 0.5) is 37.7 Å². The molecular weight excluding hydrogens is 506 g/mol. The molecule has 14 heteroatoms. The van der Waals surface area contributed by atoms with Gasteiger partial charge in [-0.3, -0.25) is 4.72 Å². The highest BCUT2D eigenvalue weighted by atomic mass is 32.2. The van der Waals surface area contributed by atoms with Gasteiger partial charge < -0.3 is 14.7 Å². The van der Waals surface area contributed by atoms with Gasteiger partial charge in [0.05, 0.1) is 22.5 Å². The molecule has 0 saturated carbocycles. The summed E-state index contributed by atoms with van der Waals surface area (Å²) in [4.78, 5) is 12.0. The number of aromatic carboxylic acids is 1. The van der Waals surface area contributed by atoms with E-state index in [1.165, 1.54) is 0 Å². The Morgan fingerprint density at radius 3 is 2.23 bits per heavy atom. The quantitative estimate of drug-likeness (QED) is 0.486. The highest BCUT2D eigenvalue weighted by Crippen LogP contribution is 2.38. The van der Waals surface area contributed by atoms with Gasteiger partial charge in [-0.1, -0.05) is 0 Å². The number of piperidine rings is 1. The van der Waals surface area contributed by atoms with Crippen molar-refractivity contribution in [2.75, 3.05) is 29.3 Å². The predicted molar refractivity (Wildman–Crippen MR) is 113 cm³/mol. The lowest BCUT2D eigenvalue weighted by molar-refractivity contribution is -0.153. The predicted octanol–water partition coefficient (Wildman–Crippen LogP) is 5.14. The number of hydrogen-bond acceptors (Lipinski definition) is 5. The third kappa shape index (κ3) is 6.71. The zero-order valence-corrected chi connectivity index (χ0v) is 18.7. The number of carboxylic acids is 1. The van der Waals surface area contributed by atoms with Gasteiger partial charge >= 0.3 is 18.3 Å². The van der Waals surface area contributed by atoms with E-state index >= 15 is 0 Å². The van der Waals surface area contributed by atoms with Crippen LogP contribution in [0.1, 0.15) is 35.2 Å². The summed E-state index contributed by atoms with van der Waals surface area (Å²) in [7, 11) is -4.89. The molecule has 0 spiro atoms. The molecule has 192 valence electrons. The lowest BCUT2D eigenvalue weighted by Crippen LogP contribution is -2.30. The molecule has 1 aliphatic heterocycles. The van der Waals surface area contributed by atoms with Gasteiger partial charge in [-0.2, -0.15) is 26.3 Å². The van der Waals surface area contributed by atoms with E-state index in [4.69, 9.17) is 0 Å². The summed E-state index contributed by atoms with van der Waals surface area (Å²) in [6, 6.07) is 4.65. The van der Waals surface area contributed by atoms with Crippen molar-refractivity contribution in [1.29, 1.82) is 0 Å². The Kier molecular flexibility index (Phi) is 7.43. The molecule has 2 N–H and O–H groups in total. The number of halogens is 6. The second-order valence-corrected chi connectivity index (χ2v) is 9.40. The smallest absolute Gasteiger partial charge is 0.422 e. The van der Waals surface area contributed by atoms with Gasteiger partial charge in [-0.05, 0) is 55.7 Å². The molecule has 0 aliphatic carbocycles. The number of anilines is 2. The fraction of sp³-hybridized carbons (Fsp3) is 0.381. The third-order valence-electron chi connectivity index (χ3n) is 5.14. The maximum Gasteiger partial charge on any atom is 0.422 e. The van der Waals surface area contributed by atoms with E-state index in [9.17, 15) is 44.7 Å². The summed E-state index contributed by atoms with van der Waals surface area (Å²) in [5.74, 6) is -2.39. The zero-order chi connectivity index (χ0) is 26.0. The van der Waals surface area contributed by atoms with Crippen LogP contribution >= 0.6 is 0 Å². The van der Waals surface area contributed by atoms with Crippen molar-refractivity contribution in [2.45, 2.75) is 36.5 Å². The number of carbonyl (C=O) groups is 1. The molecule has 0 aromatic heterocycles. The van der Waals surface area contributed by atoms with E-state index in [1.54, 1.807) is 4.90 Å². The topological polar surface area (TPSA) is 95.9 Å². The van der Waals surface area contributed by atoms with Crippen LogP contribution in [0.3, 0.4) is 0 Å². The Hall–Kier alpha value is -3.16. The number of carboxylic acid groups (broad SMARTS) is 1. The molecule has 0 unspecified atom stereocenters. The van der Waals surface area contributed by atoms with Crippen molar-refractivity contribution in [2.24, 2.45) is 0 Å². The van der Waals surface area contributed by atoms with E-state index in [-0.39, 0.29) is 5.69 Å². The van der Waals surface area contributed by atoms with Gasteiger partial charge in [0, 0.05) is 13.1 Å². The van der Waals surface area contributed by atoms with Crippen LogP contribution in [-0.4, -0.2) is 45.4 Å². The minimum Gasteiger partial charge on any atom is -0.483 e. The van der Waals surface area contributed by atoms with Gasteiger partial charge in [0.15, 0.2) is 6.61 Å². The summed E-state index contributed by atoms with van der Waals surface area (Å²) < 4.78 is 111. The second-order valence-electron chi connectivity index (χ2n) is 7.75. The molecule has 35 heavy (non-hydrogen) atoms. The maximum absolute atomic E-state index is 13.3. The molecule has 1 saturated heterocycles. The number of sulfonamides is 1. The van der Waals surface area contributed by atoms with Crippen molar-refractivity contribution in [3.8, 4) is 5.75 Å². The maximum atomic E-state index is 13.3. The highest BCUT2D eigenvalue weighted by molar-refractivity contribution is 7.92. The van der Waals surface area contributed by atoms with Gasteiger partial charge in [0.2, 0.25) is 0 Å². The molecule has 0 bridgehead atoms. The molecule has 1 fully saturated rings. The third-order valence-corrected chi connectivity index (χ3v) is 6.52. The molecular formula is C21H20F6N2O5S. The summed E-state index contributed by atoms with van der Waals surface area (Å²) in [6.07, 6.45) is -7.29. The molecule has 1 heterocycles. The average molecular weight is 526 g/mol. The van der Waals surface area contributed by atoms with Crippen molar-refractivity contribution < 1.29 is 49.4 Å². The number of ether oxygens (including phenoxy) is 1. The lowest BCUT2D eigenvalue weighted by atomic mass is 10.1. The minimum atomic E-state index is -4.89. The fourth-order valence-corrected chi connectivity index (χ4v) is 4.77. The first kappa shape index (κ1) is 26.4. The molecule has 2 aromatic carbocycles. The molecule has 2 aromatic rings. The van der Waals surface area contributed by atoms with E-state index in [1.807, 2.05) is 4.72 Å². The highest BCUT2D eigenvalue weighted by Gasteiger charge is 2.34. The standard InChI is InChI=1S/C21H20F6N2O5S/c22-20(23,24)12-34-17-7-4-13(19(30)31)10-18(17)35(32,33)28-15-11-14(21(25,26)27)5-6-16(15)29-8-2-1-3-9-29/h4-7,10-11,28H,1-3,8-9,12H2,(H,30,31). The molecule has 0 amide bonds. The van der Waals surface area contributed by atoms with Crippen LogP contribution in [0.15, 0.2) is 41.3 Å². The van der Waals surface area contributed by atoms with Gasteiger partial charge in [0.1, 0.15) is 10.6 Å². The number of nitrogens with one attached hydrogen (secondary N) is 1. The van der Waals surface area contributed by atoms with Gasteiger partial charge in [0.25, 0.3) is 10.0 Å². The van der Waals surface area contributed by atoms with Crippen LogP contribution in [0.2, 0.25) is 0 Å². The van der Waals surface area contributed by atoms with Crippen LogP contribution in [0.25, 0.3) is 0 Å². The number of alkyl halides is 6. The lowest BCUT2D eigenvalue weighted by Gasteiger charge is -2.31. The van der Waals surface area contributed by atoms with Gasteiger partial charge in [-0.25, -0.2) is 13.2 Å². The Balaban J connectivity index is 2.08. The van der Waals surface area contributed by atoms with Crippen molar-refractivity contribution in [1.82, 2.24) is 0 Å². The molecule has 7 nitrogen and oxygen atoms in total. The van der Waals surface area contributed by atoms with E-state index in [2.05, 4.69) is 4.74 Å². The Bertz CT molecular complexity index is 1190.